The monoisotopic (exact) mass is 326 g/mol. The Morgan fingerprint density at radius 3 is 2.38 bits per heavy atom. The molecule has 1 unspecified atom stereocenters. The van der Waals surface area contributed by atoms with E-state index in [2.05, 4.69) is 19.2 Å². The van der Waals surface area contributed by atoms with E-state index in [0.717, 1.165) is 16.9 Å². The predicted octanol–water partition coefficient (Wildman–Crippen LogP) is 3.08. The van der Waals surface area contributed by atoms with Gasteiger partial charge in [0.05, 0.1) is 13.0 Å². The van der Waals surface area contributed by atoms with Crippen LogP contribution in [-0.4, -0.2) is 19.1 Å². The molecule has 2 aromatic carbocycles. The van der Waals surface area contributed by atoms with Gasteiger partial charge in [-0.3, -0.25) is 4.79 Å². The Balaban J connectivity index is 1.77. The van der Waals surface area contributed by atoms with Gasteiger partial charge in [0, 0.05) is 12.6 Å². The lowest BCUT2D eigenvalue weighted by Gasteiger charge is -2.13. The summed E-state index contributed by atoms with van der Waals surface area (Å²) in [6, 6.07) is 17.2. The Labute approximate surface area is 144 Å². The summed E-state index contributed by atoms with van der Waals surface area (Å²) < 4.78 is 5.64. The molecule has 0 radical (unpaired) electrons. The van der Waals surface area contributed by atoms with Gasteiger partial charge in [0.1, 0.15) is 5.75 Å². The van der Waals surface area contributed by atoms with E-state index in [1.54, 1.807) is 0 Å². The molecule has 4 heteroatoms. The van der Waals surface area contributed by atoms with Crippen LogP contribution in [0.5, 0.6) is 5.75 Å². The predicted molar refractivity (Wildman–Crippen MR) is 96.9 cm³/mol. The van der Waals surface area contributed by atoms with Gasteiger partial charge < -0.3 is 15.8 Å². The summed E-state index contributed by atoms with van der Waals surface area (Å²) in [6.45, 7) is 5.34. The third-order valence-corrected chi connectivity index (χ3v) is 3.62. The van der Waals surface area contributed by atoms with Crippen molar-refractivity contribution in [3.8, 4) is 5.75 Å². The third-order valence-electron chi connectivity index (χ3n) is 3.62. The lowest BCUT2D eigenvalue weighted by molar-refractivity contribution is -0.120. The Hall–Kier alpha value is -2.33. The number of hydrogen-bond donors (Lipinski definition) is 2. The molecule has 4 nitrogen and oxygen atoms in total. The number of carbonyl (C=O) groups is 1. The number of ether oxygens (including phenoxy) is 1. The van der Waals surface area contributed by atoms with Gasteiger partial charge in [-0.2, -0.15) is 0 Å². The lowest BCUT2D eigenvalue weighted by atomic mass is 10.1. The normalized spacial score (nSPS) is 12.0. The molecular formula is C20H26N2O2. The summed E-state index contributed by atoms with van der Waals surface area (Å²) in [7, 11) is 0. The van der Waals surface area contributed by atoms with Gasteiger partial charge in [0.15, 0.2) is 0 Å². The maximum atomic E-state index is 12.1. The number of carbonyl (C=O) groups excluding carboxylic acids is 1. The summed E-state index contributed by atoms with van der Waals surface area (Å²) in [5.74, 6) is 1.29. The van der Waals surface area contributed by atoms with Gasteiger partial charge >= 0.3 is 0 Å². The van der Waals surface area contributed by atoms with E-state index < -0.39 is 0 Å². The minimum absolute atomic E-state index is 0.0303. The second-order valence-corrected chi connectivity index (χ2v) is 6.35. The van der Waals surface area contributed by atoms with Crippen LogP contribution in [0.1, 0.15) is 31.0 Å². The SMILES string of the molecule is CC(C)COc1ccc(CC(=O)NCC(N)c2ccccc2)cc1. The number of nitrogens with two attached hydrogens (primary N) is 1. The Morgan fingerprint density at radius 1 is 1.08 bits per heavy atom. The number of benzene rings is 2. The Morgan fingerprint density at radius 2 is 1.75 bits per heavy atom. The number of rotatable bonds is 8. The fraction of sp³-hybridized carbons (Fsp3) is 0.350. The molecule has 0 aliphatic carbocycles. The summed E-state index contributed by atoms with van der Waals surface area (Å²) >= 11 is 0. The van der Waals surface area contributed by atoms with Gasteiger partial charge in [-0.1, -0.05) is 56.3 Å². The van der Waals surface area contributed by atoms with Gasteiger partial charge in [-0.15, -0.1) is 0 Å². The van der Waals surface area contributed by atoms with Crippen molar-refractivity contribution in [2.24, 2.45) is 11.7 Å². The fourth-order valence-corrected chi connectivity index (χ4v) is 2.26. The van der Waals surface area contributed by atoms with Crippen LogP contribution in [-0.2, 0) is 11.2 Å². The van der Waals surface area contributed by atoms with E-state index in [1.165, 1.54) is 0 Å². The molecule has 0 aromatic heterocycles. The smallest absolute Gasteiger partial charge is 0.224 e. The molecule has 0 heterocycles. The van der Waals surface area contributed by atoms with E-state index in [-0.39, 0.29) is 11.9 Å². The average molecular weight is 326 g/mol. The maximum absolute atomic E-state index is 12.1. The molecule has 24 heavy (non-hydrogen) atoms. The zero-order valence-electron chi connectivity index (χ0n) is 14.4. The molecular weight excluding hydrogens is 300 g/mol. The summed E-state index contributed by atoms with van der Waals surface area (Å²) in [4.78, 5) is 12.1. The molecule has 0 aliphatic heterocycles. The maximum Gasteiger partial charge on any atom is 0.224 e. The van der Waals surface area contributed by atoms with Crippen molar-refractivity contribution >= 4 is 5.91 Å². The van der Waals surface area contributed by atoms with Gasteiger partial charge in [0.25, 0.3) is 0 Å². The highest BCUT2D eigenvalue weighted by Crippen LogP contribution is 2.14. The van der Waals surface area contributed by atoms with Crippen LogP contribution in [0.25, 0.3) is 0 Å². The highest BCUT2D eigenvalue weighted by atomic mass is 16.5. The number of amides is 1. The van der Waals surface area contributed by atoms with Crippen LogP contribution in [0.15, 0.2) is 54.6 Å². The first-order valence-electron chi connectivity index (χ1n) is 8.33. The zero-order valence-corrected chi connectivity index (χ0v) is 14.4. The molecule has 0 spiro atoms. The molecule has 3 N–H and O–H groups in total. The summed E-state index contributed by atoms with van der Waals surface area (Å²) in [6.07, 6.45) is 0.339. The fourth-order valence-electron chi connectivity index (χ4n) is 2.26. The van der Waals surface area contributed by atoms with Crippen molar-refractivity contribution in [3.05, 3.63) is 65.7 Å². The number of hydrogen-bond acceptors (Lipinski definition) is 3. The van der Waals surface area contributed by atoms with Crippen molar-refractivity contribution in [3.63, 3.8) is 0 Å². The average Bonchev–Trinajstić information content (AvgIpc) is 2.60. The highest BCUT2D eigenvalue weighted by molar-refractivity contribution is 5.78. The van der Waals surface area contributed by atoms with Crippen molar-refractivity contribution in [2.75, 3.05) is 13.2 Å². The van der Waals surface area contributed by atoms with Crippen molar-refractivity contribution in [2.45, 2.75) is 26.3 Å². The number of nitrogens with one attached hydrogen (secondary N) is 1. The minimum atomic E-state index is -0.193. The molecule has 1 atom stereocenters. The Kier molecular flexibility index (Phi) is 6.82. The van der Waals surface area contributed by atoms with Crippen LogP contribution in [0.3, 0.4) is 0 Å². The molecule has 128 valence electrons. The molecule has 0 saturated carbocycles. The lowest BCUT2D eigenvalue weighted by Crippen LogP contribution is -2.32. The van der Waals surface area contributed by atoms with Crippen LogP contribution < -0.4 is 15.8 Å². The summed E-state index contributed by atoms with van der Waals surface area (Å²) in [5.41, 5.74) is 8.06. The standard InChI is InChI=1S/C20H26N2O2/c1-15(2)14-24-18-10-8-16(9-11-18)12-20(23)22-13-19(21)17-6-4-3-5-7-17/h3-11,15,19H,12-14,21H2,1-2H3,(H,22,23). The molecule has 2 aromatic rings. The quantitative estimate of drug-likeness (QED) is 0.783. The van der Waals surface area contributed by atoms with Crippen molar-refractivity contribution in [1.29, 1.82) is 0 Å². The largest absolute Gasteiger partial charge is 0.493 e. The summed E-state index contributed by atoms with van der Waals surface area (Å²) in [5, 5.41) is 2.89. The van der Waals surface area contributed by atoms with Crippen LogP contribution >= 0.6 is 0 Å². The highest BCUT2D eigenvalue weighted by Gasteiger charge is 2.08. The molecule has 0 bridgehead atoms. The first-order valence-corrected chi connectivity index (χ1v) is 8.33. The van der Waals surface area contributed by atoms with E-state index in [4.69, 9.17) is 10.5 Å². The second kappa shape index (κ2) is 9.08. The Bertz CT molecular complexity index is 624. The van der Waals surface area contributed by atoms with Crippen molar-refractivity contribution < 1.29 is 9.53 Å². The topological polar surface area (TPSA) is 64.3 Å². The van der Waals surface area contributed by atoms with Crippen LogP contribution in [0.2, 0.25) is 0 Å². The van der Waals surface area contributed by atoms with Crippen molar-refractivity contribution in [1.82, 2.24) is 5.32 Å². The van der Waals surface area contributed by atoms with E-state index >= 15 is 0 Å². The molecule has 0 saturated heterocycles. The van der Waals surface area contributed by atoms with Crippen LogP contribution in [0.4, 0.5) is 0 Å². The van der Waals surface area contributed by atoms with Gasteiger partial charge in [-0.05, 0) is 29.2 Å². The first kappa shape index (κ1) is 18.0. The minimum Gasteiger partial charge on any atom is -0.493 e. The molecule has 0 fully saturated rings. The third kappa shape index (κ3) is 6.05. The van der Waals surface area contributed by atoms with Gasteiger partial charge in [-0.25, -0.2) is 0 Å². The van der Waals surface area contributed by atoms with Crippen LogP contribution in [0, 0.1) is 5.92 Å². The zero-order chi connectivity index (χ0) is 17.4. The van der Waals surface area contributed by atoms with E-state index in [9.17, 15) is 4.79 Å². The molecule has 2 rings (SSSR count). The van der Waals surface area contributed by atoms with E-state index in [0.29, 0.717) is 25.5 Å². The first-order chi connectivity index (χ1) is 11.5. The van der Waals surface area contributed by atoms with Gasteiger partial charge in [0.2, 0.25) is 5.91 Å². The van der Waals surface area contributed by atoms with E-state index in [1.807, 2.05) is 54.6 Å². The molecule has 1 amide bonds. The second-order valence-electron chi connectivity index (χ2n) is 6.35. The molecule has 0 aliphatic rings.